The predicted molar refractivity (Wildman–Crippen MR) is 249 cm³/mol. The zero-order valence-electron chi connectivity index (χ0n) is 38.7. The molecular weight excluding hydrogens is 821 g/mol. The molecule has 342 valence electrons. The van der Waals surface area contributed by atoms with Crippen molar-refractivity contribution < 1.29 is 28.7 Å². The highest BCUT2D eigenvalue weighted by Gasteiger charge is 2.44. The van der Waals surface area contributed by atoms with Gasteiger partial charge in [-0.05, 0) is 119 Å². The predicted octanol–water partition coefficient (Wildman–Crippen LogP) is 8.92. The van der Waals surface area contributed by atoms with Gasteiger partial charge in [-0.2, -0.15) is 0 Å². The van der Waals surface area contributed by atoms with Crippen LogP contribution in [0.25, 0.3) is 44.5 Å². The van der Waals surface area contributed by atoms with Crippen LogP contribution in [0.4, 0.5) is 9.59 Å². The fourth-order valence-electron chi connectivity index (χ4n) is 11.0. The first-order valence-electron chi connectivity index (χ1n) is 23.3. The van der Waals surface area contributed by atoms with Crippen LogP contribution in [0.2, 0.25) is 0 Å². The Balaban J connectivity index is 0.957. The molecule has 3 unspecified atom stereocenters. The molecule has 1 saturated carbocycles. The van der Waals surface area contributed by atoms with E-state index in [0.29, 0.717) is 24.9 Å². The van der Waals surface area contributed by atoms with Crippen molar-refractivity contribution in [2.24, 2.45) is 29.6 Å². The highest BCUT2D eigenvalue weighted by Crippen LogP contribution is 2.56. The molecule has 2 aromatic heterocycles. The van der Waals surface area contributed by atoms with Crippen molar-refractivity contribution in [3.8, 4) is 33.5 Å². The lowest BCUT2D eigenvalue weighted by atomic mass is 9.73. The number of imidazole rings is 2. The Morgan fingerprint density at radius 2 is 1.28 bits per heavy atom. The maximum absolute atomic E-state index is 13.9. The number of likely N-dealkylation sites (tertiary alicyclic amines) is 2. The molecule has 0 radical (unpaired) electrons. The van der Waals surface area contributed by atoms with Gasteiger partial charge < -0.3 is 39.9 Å². The van der Waals surface area contributed by atoms with Crippen LogP contribution in [0.1, 0.15) is 108 Å². The van der Waals surface area contributed by atoms with Crippen LogP contribution < -0.4 is 10.6 Å². The van der Waals surface area contributed by atoms with Gasteiger partial charge in [-0.15, -0.1) is 0 Å². The molecule has 4 heterocycles. The Kier molecular flexibility index (Phi) is 12.0. The van der Waals surface area contributed by atoms with Gasteiger partial charge in [0.2, 0.25) is 11.8 Å². The van der Waals surface area contributed by atoms with Crippen molar-refractivity contribution in [1.82, 2.24) is 40.4 Å². The summed E-state index contributed by atoms with van der Waals surface area (Å²) in [4.78, 5) is 72.7. The number of fused-ring (bicyclic) bond motifs is 4. The van der Waals surface area contributed by atoms with E-state index in [0.717, 1.165) is 58.8 Å². The average molecular weight is 883 g/mol. The second-order valence-electron chi connectivity index (χ2n) is 19.7. The standard InChI is InChI=1S/C51H62N8O6/c1-26(2)44(56-50(62)64-7)48(60)58-24-28(5)19-41(58)46-52-23-40(55-46)31-11-9-30(10-12-31)35-17-16-34(37-21-32-13-15-36(32)43(35)37)33-14-18-38-39(22-33)54-47(53-38)42-20-29(6)25-59(42)49(61)45(27(3)4)57-51(63)65-8/h9-12,14,16-18,22-23,26-29,32,36,41-42,44-45H,13,15,19-21,24-25H2,1-8H3,(H,52,55)(H,53,54)(H,56,62)(H,57,63)/t28-,29-,32?,36?,41-,42-,44?,45-/m0/s1. The molecule has 3 aromatic carbocycles. The first-order chi connectivity index (χ1) is 31.2. The van der Waals surface area contributed by atoms with Gasteiger partial charge >= 0.3 is 12.2 Å². The fourth-order valence-corrected chi connectivity index (χ4v) is 11.0. The number of amides is 4. The Morgan fingerprint density at radius 3 is 1.85 bits per heavy atom. The number of nitrogens with zero attached hydrogens (tertiary/aromatic N) is 4. The number of alkyl carbamates (subject to hydrolysis) is 2. The van der Waals surface area contributed by atoms with E-state index >= 15 is 0 Å². The summed E-state index contributed by atoms with van der Waals surface area (Å²) in [6.07, 6.45) is 5.68. The monoisotopic (exact) mass is 882 g/mol. The van der Waals surface area contributed by atoms with E-state index in [9.17, 15) is 19.2 Å². The van der Waals surface area contributed by atoms with Crippen LogP contribution in [-0.2, 0) is 25.5 Å². The van der Waals surface area contributed by atoms with Gasteiger partial charge in [0.1, 0.15) is 23.7 Å². The van der Waals surface area contributed by atoms with Gasteiger partial charge in [0, 0.05) is 13.1 Å². The summed E-state index contributed by atoms with van der Waals surface area (Å²) in [5.41, 5.74) is 11.5. The lowest BCUT2D eigenvalue weighted by Gasteiger charge is -2.31. The number of rotatable bonds is 11. The number of nitrogens with one attached hydrogen (secondary N) is 4. The second-order valence-corrected chi connectivity index (χ2v) is 19.7. The number of aromatic amines is 2. The van der Waals surface area contributed by atoms with Crippen molar-refractivity contribution in [1.29, 1.82) is 0 Å². The quantitative estimate of drug-likeness (QED) is 0.102. The minimum absolute atomic E-state index is 0.112. The molecule has 2 saturated heterocycles. The van der Waals surface area contributed by atoms with Crippen molar-refractivity contribution in [3.05, 3.63) is 83.6 Å². The molecule has 5 aromatic rings. The zero-order chi connectivity index (χ0) is 45.8. The molecular formula is C51H62N8O6. The number of hydrogen-bond acceptors (Lipinski definition) is 8. The zero-order valence-corrected chi connectivity index (χ0v) is 38.7. The highest BCUT2D eigenvalue weighted by molar-refractivity contribution is 5.89. The lowest BCUT2D eigenvalue weighted by Crippen LogP contribution is -2.51. The van der Waals surface area contributed by atoms with Gasteiger partial charge in [-0.25, -0.2) is 19.6 Å². The van der Waals surface area contributed by atoms with E-state index in [-0.39, 0.29) is 47.6 Å². The SMILES string of the molecule is COC(=O)NC(C(=O)N1C[C@@H](C)C[C@H]1c1ncc(-c2ccc(-c3ccc(-c4ccc5nc([C@@H]6C[C@H](C)CN6C(=O)[C@@H](NC(=O)OC)C(C)C)[nH]c5c4)c4c3C3CCC3C4)cc2)[nH]1)C(C)C. The minimum Gasteiger partial charge on any atom is -0.453 e. The lowest BCUT2D eigenvalue weighted by molar-refractivity contribution is -0.136. The Hall–Kier alpha value is -6.18. The first kappa shape index (κ1) is 44.0. The number of benzene rings is 3. The number of hydrogen-bond donors (Lipinski definition) is 4. The van der Waals surface area contributed by atoms with Crippen LogP contribution in [0.15, 0.2) is 60.8 Å². The van der Waals surface area contributed by atoms with Gasteiger partial charge in [0.15, 0.2) is 0 Å². The number of H-pyrrole nitrogens is 2. The third-order valence-electron chi connectivity index (χ3n) is 14.5. The average Bonchev–Trinajstić information content (AvgIpc) is 4.13. The molecule has 9 rings (SSSR count). The Bertz CT molecular complexity index is 2620. The smallest absolute Gasteiger partial charge is 0.407 e. The van der Waals surface area contributed by atoms with Crippen LogP contribution in [-0.4, -0.2) is 93.1 Å². The number of aromatic nitrogens is 4. The van der Waals surface area contributed by atoms with Crippen molar-refractivity contribution >= 4 is 35.0 Å². The van der Waals surface area contributed by atoms with Crippen LogP contribution >= 0.6 is 0 Å². The topological polar surface area (TPSA) is 175 Å². The molecule has 0 spiro atoms. The number of ether oxygens (including phenoxy) is 2. The summed E-state index contributed by atoms with van der Waals surface area (Å²) in [6.45, 7) is 13.2. The molecule has 65 heavy (non-hydrogen) atoms. The van der Waals surface area contributed by atoms with E-state index in [4.69, 9.17) is 19.4 Å². The summed E-state index contributed by atoms with van der Waals surface area (Å²) in [6, 6.07) is 17.9. The normalized spacial score (nSPS) is 23.3. The van der Waals surface area contributed by atoms with E-state index in [1.807, 2.05) is 43.7 Å². The van der Waals surface area contributed by atoms with Crippen LogP contribution in [0.5, 0.6) is 0 Å². The van der Waals surface area contributed by atoms with E-state index in [1.54, 1.807) is 0 Å². The van der Waals surface area contributed by atoms with Gasteiger partial charge in [0.25, 0.3) is 0 Å². The van der Waals surface area contributed by atoms with Gasteiger partial charge in [0.05, 0.1) is 49.2 Å². The van der Waals surface area contributed by atoms with Crippen LogP contribution in [0, 0.1) is 29.6 Å². The van der Waals surface area contributed by atoms with Crippen molar-refractivity contribution in [3.63, 3.8) is 0 Å². The molecule has 2 aliphatic carbocycles. The molecule has 4 N–H and O–H groups in total. The summed E-state index contributed by atoms with van der Waals surface area (Å²) in [5.74, 6) is 2.79. The highest BCUT2D eigenvalue weighted by atomic mass is 16.5. The molecule has 3 fully saturated rings. The first-order valence-corrected chi connectivity index (χ1v) is 23.3. The molecule has 2 aliphatic heterocycles. The Labute approximate surface area is 380 Å². The molecule has 14 heteroatoms. The molecule has 4 amide bonds. The largest absolute Gasteiger partial charge is 0.453 e. The minimum atomic E-state index is -0.699. The summed E-state index contributed by atoms with van der Waals surface area (Å²) in [7, 11) is 2.61. The van der Waals surface area contributed by atoms with Gasteiger partial charge in [-0.3, -0.25) is 9.59 Å². The fraction of sp³-hybridized carbons (Fsp3) is 0.490. The molecule has 0 bridgehead atoms. The number of carbonyl (C=O) groups is 4. The molecule has 8 atom stereocenters. The molecule has 4 aliphatic rings. The second kappa shape index (κ2) is 17.7. The van der Waals surface area contributed by atoms with E-state index < -0.39 is 24.3 Å². The number of carbonyl (C=O) groups excluding carboxylic acids is 4. The third kappa shape index (κ3) is 8.25. The number of methoxy groups -OCH3 is 2. The summed E-state index contributed by atoms with van der Waals surface area (Å²) >= 11 is 0. The Morgan fingerprint density at radius 1 is 0.708 bits per heavy atom. The van der Waals surface area contributed by atoms with Crippen molar-refractivity contribution in [2.75, 3.05) is 27.3 Å². The maximum Gasteiger partial charge on any atom is 0.407 e. The van der Waals surface area contributed by atoms with E-state index in [2.05, 4.69) is 89.0 Å². The third-order valence-corrected chi connectivity index (χ3v) is 14.5. The van der Waals surface area contributed by atoms with Crippen LogP contribution in [0.3, 0.4) is 0 Å². The summed E-state index contributed by atoms with van der Waals surface area (Å²) < 4.78 is 9.65. The van der Waals surface area contributed by atoms with E-state index in [1.165, 1.54) is 54.9 Å². The van der Waals surface area contributed by atoms with Crippen molar-refractivity contribution in [2.45, 2.75) is 104 Å². The summed E-state index contributed by atoms with van der Waals surface area (Å²) in [5, 5.41) is 5.49. The molecule has 14 nitrogen and oxygen atoms in total. The van der Waals surface area contributed by atoms with Gasteiger partial charge in [-0.1, -0.05) is 84.0 Å². The maximum atomic E-state index is 13.9.